The van der Waals surface area contributed by atoms with Crippen LogP contribution in [0.25, 0.3) is 0 Å². The van der Waals surface area contributed by atoms with E-state index >= 15 is 0 Å². The van der Waals surface area contributed by atoms with E-state index in [0.717, 1.165) is 26.2 Å². The SMILES string of the molecule is CCC1CC(C(=O)NCCNC(=O)[C@@H](OS(=O)(=O)[O-])[C@@H](COS(=O)(=O)[O-])OS(=O)(=O)[O-])C[C@@H](O[C@@H]2O[C@@H](CO)[C@H](O)C(O[C@@H](CC3CCCCC3)C(=O)[O-])C2NC(C)=O)[C@@H]1O[C@@H]1OC(C)[C@@H](O)[C@H](O)C1O.[Na+].[Na+].[Na+].[Na+]. The summed E-state index contributed by atoms with van der Waals surface area (Å²) >= 11 is 0. The molecule has 412 valence electrons. The molecule has 2 saturated heterocycles. The van der Waals surface area contributed by atoms with Crippen LogP contribution in [-0.4, -0.2) is 206 Å². The van der Waals surface area contributed by atoms with Gasteiger partial charge in [0, 0.05) is 25.9 Å². The van der Waals surface area contributed by atoms with Crippen molar-refractivity contribution < 1.29 is 243 Å². The first kappa shape index (κ1) is 76.1. The molecule has 30 nitrogen and oxygen atoms in total. The zero-order chi connectivity index (χ0) is 53.2. The maximum Gasteiger partial charge on any atom is 1.00 e. The number of aliphatic hydroxyl groups is 5. The van der Waals surface area contributed by atoms with Crippen LogP contribution in [0.2, 0.25) is 0 Å². The maximum atomic E-state index is 13.9. The second-order valence-electron chi connectivity index (χ2n) is 17.6. The van der Waals surface area contributed by atoms with Gasteiger partial charge < -0.3 is 88.7 Å². The molecule has 2 aliphatic carbocycles. The van der Waals surface area contributed by atoms with Crippen molar-refractivity contribution in [1.82, 2.24) is 16.0 Å². The summed E-state index contributed by atoms with van der Waals surface area (Å²) in [6.45, 7) is 0.262. The van der Waals surface area contributed by atoms with Gasteiger partial charge in [0.15, 0.2) is 18.7 Å². The van der Waals surface area contributed by atoms with Gasteiger partial charge in [0.05, 0.1) is 43.6 Å². The largest absolute Gasteiger partial charge is 1.00 e. The first-order valence-electron chi connectivity index (χ1n) is 22.5. The zero-order valence-electron chi connectivity index (χ0n) is 42.5. The van der Waals surface area contributed by atoms with Gasteiger partial charge >= 0.3 is 118 Å². The minimum absolute atomic E-state index is 0. The van der Waals surface area contributed by atoms with Crippen molar-refractivity contribution >= 4 is 54.9 Å². The second kappa shape index (κ2) is 34.6. The van der Waals surface area contributed by atoms with Crippen LogP contribution in [0.5, 0.6) is 0 Å². The number of carbonyl (C=O) groups excluding carboxylic acids is 4. The Balaban J connectivity index is 0.0000137. The fraction of sp³-hybridized carbons (Fsp3) is 0.895. The molecule has 2 heterocycles. The van der Waals surface area contributed by atoms with Gasteiger partial charge in [-0.05, 0) is 38.0 Å². The normalized spacial score (nSPS) is 31.8. The van der Waals surface area contributed by atoms with Gasteiger partial charge in [-0.2, -0.15) is 0 Å². The van der Waals surface area contributed by atoms with Crippen molar-refractivity contribution in [2.45, 2.75) is 170 Å². The number of hydrogen-bond donors (Lipinski definition) is 8. The van der Waals surface area contributed by atoms with Crippen molar-refractivity contribution in [2.75, 3.05) is 26.3 Å². The predicted octanol–water partition coefficient (Wildman–Crippen LogP) is -18.5. The molecular formula is C38H61N3Na4O27S3. The molecule has 37 heteroatoms. The van der Waals surface area contributed by atoms with Crippen LogP contribution in [0, 0.1) is 17.8 Å². The molecule has 8 N–H and O–H groups in total. The van der Waals surface area contributed by atoms with E-state index in [9.17, 15) is 88.7 Å². The minimum atomic E-state index is -5.96. The van der Waals surface area contributed by atoms with E-state index in [0.29, 0.717) is 12.8 Å². The van der Waals surface area contributed by atoms with Gasteiger partial charge in [-0.15, -0.1) is 0 Å². The summed E-state index contributed by atoms with van der Waals surface area (Å²) < 4.78 is 143. The third-order valence-corrected chi connectivity index (χ3v) is 13.8. The average molecular weight is 1180 g/mol. The van der Waals surface area contributed by atoms with Gasteiger partial charge in [-0.25, -0.2) is 25.3 Å². The predicted molar refractivity (Wildman–Crippen MR) is 224 cm³/mol. The molecule has 0 spiro atoms. The van der Waals surface area contributed by atoms with Crippen molar-refractivity contribution in [2.24, 2.45) is 17.8 Å². The Morgan fingerprint density at radius 2 is 1.35 bits per heavy atom. The van der Waals surface area contributed by atoms with E-state index in [1.165, 1.54) is 6.92 Å². The molecule has 4 aliphatic rings. The van der Waals surface area contributed by atoms with E-state index < -0.39 is 185 Å². The minimum Gasteiger partial charge on any atom is -0.726 e. The fourth-order valence-electron chi connectivity index (χ4n) is 9.05. The number of rotatable bonds is 25. The molecule has 3 amide bonds. The summed E-state index contributed by atoms with van der Waals surface area (Å²) in [5.41, 5.74) is 0. The van der Waals surface area contributed by atoms with E-state index in [1.54, 1.807) is 6.92 Å². The number of carboxylic acids is 1. The molecule has 75 heavy (non-hydrogen) atoms. The van der Waals surface area contributed by atoms with Crippen LogP contribution in [0.4, 0.5) is 0 Å². The summed E-state index contributed by atoms with van der Waals surface area (Å²) in [5, 5.41) is 73.1. The maximum absolute atomic E-state index is 13.9. The molecule has 0 bridgehead atoms. The molecule has 0 radical (unpaired) electrons. The zero-order valence-corrected chi connectivity index (χ0v) is 53.0. The topological polar surface area (TPSA) is 474 Å². The number of carbonyl (C=O) groups is 4. The van der Waals surface area contributed by atoms with Gasteiger partial charge in [-0.1, -0.05) is 45.4 Å². The molecular weight excluding hydrogens is 1120 g/mol. The second-order valence-corrected chi connectivity index (χ2v) is 20.7. The van der Waals surface area contributed by atoms with E-state index in [4.69, 9.17) is 23.7 Å². The number of amides is 3. The summed E-state index contributed by atoms with van der Waals surface area (Å²) in [5.74, 6) is -6.70. The Hall–Kier alpha value is 1.09. The number of hydrogen-bond acceptors (Lipinski definition) is 27. The Morgan fingerprint density at radius 1 is 0.747 bits per heavy atom. The third kappa shape index (κ3) is 24.4. The van der Waals surface area contributed by atoms with Crippen molar-refractivity contribution in [3.63, 3.8) is 0 Å². The van der Waals surface area contributed by atoms with Crippen LogP contribution in [0.15, 0.2) is 0 Å². The van der Waals surface area contributed by atoms with Gasteiger partial charge in [0.2, 0.25) is 43.0 Å². The molecule has 2 aliphatic heterocycles. The Morgan fingerprint density at radius 3 is 1.88 bits per heavy atom. The van der Waals surface area contributed by atoms with Crippen LogP contribution < -0.4 is 139 Å². The van der Waals surface area contributed by atoms with Crippen molar-refractivity contribution in [3.8, 4) is 0 Å². The van der Waals surface area contributed by atoms with Crippen LogP contribution in [-0.2, 0) is 86.6 Å². The molecule has 0 aromatic rings. The quantitative estimate of drug-likeness (QED) is 0.0182. The summed E-state index contributed by atoms with van der Waals surface area (Å²) in [6.07, 6.45) is -20.5. The van der Waals surface area contributed by atoms with Crippen molar-refractivity contribution in [3.05, 3.63) is 0 Å². The smallest absolute Gasteiger partial charge is 0.726 e. The molecule has 2 saturated carbocycles. The monoisotopic (exact) mass is 1180 g/mol. The molecule has 6 unspecified atom stereocenters. The van der Waals surface area contributed by atoms with Gasteiger partial charge in [-0.3, -0.25) is 26.9 Å². The van der Waals surface area contributed by atoms with E-state index in [1.807, 2.05) is 5.32 Å². The third-order valence-electron chi connectivity index (χ3n) is 12.5. The molecule has 17 atom stereocenters. The number of carboxylic acid groups (broad SMARTS) is 1. The first-order valence-corrected chi connectivity index (χ1v) is 26.5. The first-order chi connectivity index (χ1) is 33.0. The summed E-state index contributed by atoms with van der Waals surface area (Å²) in [6, 6.07) is -1.52. The standard InChI is InChI=1S/C38H65N3O27S3.4Na/c1-4-20-13-21(34(48)39-10-11-40-35(49)32(68-71(58,59)60)25(67-70(55,56)57)16-61-69(52,53)54)14-22(31(20)66-38-30(47)29(46)27(44)17(2)62-38)64-37-26(41-18(3)43)33(28(45)24(15-42)65-37)63-23(36(50)51)12-19-8-6-5-7-9-19;;;;/h17,19-33,37-38,42,44-47H,4-16H2,1-3H3,(H,39,48)(H,40,49)(H,41,43)(H,50,51)(H,52,53,54)(H,55,56,57)(H,58,59,60);;;;/q;4*+1/p-4/t17?,20?,21?,22-,23+,24+,25-,26?,27-,28+,29+,30?,31-,32+,33?,37-,38+;;;;/m1..../s1. The van der Waals surface area contributed by atoms with E-state index in [2.05, 4.69) is 23.2 Å². The van der Waals surface area contributed by atoms with E-state index in [-0.39, 0.29) is 150 Å². The molecule has 0 aromatic carbocycles. The average Bonchev–Trinajstić information content (AvgIpc) is 3.27. The Bertz CT molecular complexity index is 2140. The van der Waals surface area contributed by atoms with Gasteiger partial charge in [0.25, 0.3) is 5.91 Å². The van der Waals surface area contributed by atoms with Crippen LogP contribution >= 0.6 is 0 Å². The van der Waals surface area contributed by atoms with Crippen LogP contribution in [0.3, 0.4) is 0 Å². The molecule has 4 rings (SSSR count). The number of aliphatic hydroxyl groups excluding tert-OH is 5. The summed E-state index contributed by atoms with van der Waals surface area (Å²) in [4.78, 5) is 52.1. The summed E-state index contributed by atoms with van der Waals surface area (Å²) in [7, 11) is -17.6. The number of aliphatic carboxylic acids is 1. The number of ether oxygens (including phenoxy) is 5. The Labute approximate surface area is 522 Å². The molecule has 0 aromatic heterocycles. The number of nitrogens with one attached hydrogen (secondary N) is 3. The Kier molecular flexibility index (Phi) is 35.1. The fourth-order valence-corrected chi connectivity index (χ4v) is 10.3. The molecule has 4 fully saturated rings. The van der Waals surface area contributed by atoms with Crippen LogP contribution in [0.1, 0.15) is 78.6 Å². The van der Waals surface area contributed by atoms with Crippen molar-refractivity contribution in [1.29, 1.82) is 0 Å². The van der Waals surface area contributed by atoms with Gasteiger partial charge in [0.1, 0.15) is 48.8 Å².